The van der Waals surface area contributed by atoms with E-state index in [2.05, 4.69) is 15.4 Å². The van der Waals surface area contributed by atoms with E-state index in [1.54, 1.807) is 41.8 Å². The molecule has 2 heterocycles. The van der Waals surface area contributed by atoms with Gasteiger partial charge >= 0.3 is 0 Å². The number of hydrogen-bond acceptors (Lipinski definition) is 4. The SMILES string of the molecule is CN=C(NCc1ccc(C(=O)N(C)C)cc1)N1CCN(c2cnn(C)c2)C(=O)C1. The van der Waals surface area contributed by atoms with Crippen LogP contribution >= 0.6 is 0 Å². The van der Waals surface area contributed by atoms with Gasteiger partial charge < -0.3 is 20.0 Å². The molecule has 1 aliphatic heterocycles. The van der Waals surface area contributed by atoms with Crippen LogP contribution in [0, 0.1) is 0 Å². The van der Waals surface area contributed by atoms with Gasteiger partial charge in [0.15, 0.2) is 5.96 Å². The van der Waals surface area contributed by atoms with E-state index in [-0.39, 0.29) is 18.4 Å². The summed E-state index contributed by atoms with van der Waals surface area (Å²) in [5, 5.41) is 7.44. The fraction of sp³-hybridized carbons (Fsp3) is 0.400. The highest BCUT2D eigenvalue weighted by atomic mass is 16.2. The van der Waals surface area contributed by atoms with Gasteiger partial charge in [-0.2, -0.15) is 5.10 Å². The molecule has 1 aromatic heterocycles. The van der Waals surface area contributed by atoms with Gasteiger partial charge in [-0.05, 0) is 17.7 Å². The summed E-state index contributed by atoms with van der Waals surface area (Å²) in [6.07, 6.45) is 3.54. The number of amides is 2. The Labute approximate surface area is 170 Å². The Morgan fingerprint density at radius 1 is 1.24 bits per heavy atom. The number of carbonyl (C=O) groups excluding carboxylic acids is 2. The maximum absolute atomic E-state index is 12.6. The number of benzene rings is 1. The third kappa shape index (κ3) is 4.74. The third-order valence-electron chi connectivity index (χ3n) is 4.79. The van der Waals surface area contributed by atoms with Gasteiger partial charge in [0.1, 0.15) is 6.54 Å². The fourth-order valence-corrected chi connectivity index (χ4v) is 3.21. The van der Waals surface area contributed by atoms with Crippen LogP contribution < -0.4 is 10.2 Å². The van der Waals surface area contributed by atoms with Gasteiger partial charge in [0, 0.05) is 59.6 Å². The van der Waals surface area contributed by atoms with Gasteiger partial charge in [0.05, 0.1) is 11.9 Å². The fourth-order valence-electron chi connectivity index (χ4n) is 3.21. The summed E-state index contributed by atoms with van der Waals surface area (Å²) in [5.41, 5.74) is 2.49. The lowest BCUT2D eigenvalue weighted by Crippen LogP contribution is -2.55. The first-order valence-electron chi connectivity index (χ1n) is 9.44. The van der Waals surface area contributed by atoms with Gasteiger partial charge in [-0.3, -0.25) is 19.3 Å². The van der Waals surface area contributed by atoms with Crippen molar-refractivity contribution in [3.05, 3.63) is 47.8 Å². The average Bonchev–Trinajstić information content (AvgIpc) is 3.14. The maximum Gasteiger partial charge on any atom is 0.253 e. The minimum absolute atomic E-state index is 0.0127. The molecule has 0 unspecified atom stereocenters. The summed E-state index contributed by atoms with van der Waals surface area (Å²) in [7, 11) is 7.01. The second kappa shape index (κ2) is 8.76. The second-order valence-electron chi connectivity index (χ2n) is 7.14. The molecule has 1 aliphatic rings. The number of anilines is 1. The zero-order chi connectivity index (χ0) is 21.0. The Morgan fingerprint density at radius 2 is 1.97 bits per heavy atom. The van der Waals surface area contributed by atoms with Crippen LogP contribution in [0.4, 0.5) is 5.69 Å². The van der Waals surface area contributed by atoms with Crippen LogP contribution in [-0.4, -0.2) is 78.1 Å². The molecule has 2 aromatic rings. The minimum Gasteiger partial charge on any atom is -0.352 e. The molecular weight excluding hydrogens is 370 g/mol. The molecule has 29 heavy (non-hydrogen) atoms. The van der Waals surface area contributed by atoms with Crippen molar-refractivity contribution in [3.8, 4) is 0 Å². The molecular formula is C20H27N7O2. The molecule has 1 N–H and O–H groups in total. The minimum atomic E-state index is -0.0229. The third-order valence-corrected chi connectivity index (χ3v) is 4.79. The van der Waals surface area contributed by atoms with Crippen LogP contribution in [0.1, 0.15) is 15.9 Å². The maximum atomic E-state index is 12.6. The molecule has 1 aromatic carbocycles. The first kappa shape index (κ1) is 20.4. The predicted octanol–water partition coefficient (Wildman–Crippen LogP) is 0.546. The number of guanidine groups is 1. The van der Waals surface area contributed by atoms with Crippen molar-refractivity contribution in [1.82, 2.24) is 24.9 Å². The number of aliphatic imine (C=N–C) groups is 1. The highest BCUT2D eigenvalue weighted by Crippen LogP contribution is 2.16. The van der Waals surface area contributed by atoms with E-state index in [0.717, 1.165) is 11.3 Å². The van der Waals surface area contributed by atoms with Crippen molar-refractivity contribution in [2.24, 2.45) is 12.0 Å². The lowest BCUT2D eigenvalue weighted by molar-refractivity contribution is -0.120. The molecule has 9 heteroatoms. The standard InChI is InChI=1S/C20H27N7O2/c1-21-20(22-11-15-5-7-16(8-6-15)19(29)24(2)3)26-9-10-27(18(28)14-26)17-12-23-25(4)13-17/h5-8,12-13H,9-11,14H2,1-4H3,(H,21,22). The quantitative estimate of drug-likeness (QED) is 0.601. The molecule has 0 radical (unpaired) electrons. The van der Waals surface area contributed by atoms with Crippen molar-refractivity contribution in [2.45, 2.75) is 6.54 Å². The Balaban J connectivity index is 1.57. The van der Waals surface area contributed by atoms with Gasteiger partial charge in [-0.25, -0.2) is 0 Å². The molecule has 1 fully saturated rings. The van der Waals surface area contributed by atoms with Crippen LogP contribution in [0.15, 0.2) is 41.7 Å². The van der Waals surface area contributed by atoms with Crippen molar-refractivity contribution in [2.75, 3.05) is 45.7 Å². The normalized spacial score (nSPS) is 14.9. The molecule has 1 saturated heterocycles. The highest BCUT2D eigenvalue weighted by molar-refractivity contribution is 5.98. The van der Waals surface area contributed by atoms with Crippen LogP contribution in [0.25, 0.3) is 0 Å². The number of rotatable bonds is 4. The number of nitrogens with zero attached hydrogens (tertiary/aromatic N) is 6. The molecule has 0 atom stereocenters. The summed E-state index contributed by atoms with van der Waals surface area (Å²) in [5.74, 6) is 0.668. The van der Waals surface area contributed by atoms with E-state index in [9.17, 15) is 9.59 Å². The van der Waals surface area contributed by atoms with Crippen LogP contribution in [0.2, 0.25) is 0 Å². The zero-order valence-corrected chi connectivity index (χ0v) is 17.3. The summed E-state index contributed by atoms with van der Waals surface area (Å²) >= 11 is 0. The number of aryl methyl sites for hydroxylation is 1. The van der Waals surface area contributed by atoms with E-state index in [1.165, 1.54) is 0 Å². The molecule has 154 valence electrons. The summed E-state index contributed by atoms with van der Waals surface area (Å²) in [6.45, 7) is 2.06. The summed E-state index contributed by atoms with van der Waals surface area (Å²) < 4.78 is 1.69. The molecule has 2 amide bonds. The van der Waals surface area contributed by atoms with Gasteiger partial charge in [0.2, 0.25) is 5.91 Å². The van der Waals surface area contributed by atoms with E-state index in [1.807, 2.05) is 42.4 Å². The molecule has 0 spiro atoms. The average molecular weight is 397 g/mol. The number of hydrogen-bond donors (Lipinski definition) is 1. The number of carbonyl (C=O) groups is 2. The lowest BCUT2D eigenvalue weighted by atomic mass is 10.1. The smallest absolute Gasteiger partial charge is 0.253 e. The molecule has 3 rings (SSSR count). The van der Waals surface area contributed by atoms with Crippen LogP contribution in [0.5, 0.6) is 0 Å². The monoisotopic (exact) mass is 397 g/mol. The molecule has 9 nitrogen and oxygen atoms in total. The van der Waals surface area contributed by atoms with Crippen molar-refractivity contribution in [1.29, 1.82) is 0 Å². The highest BCUT2D eigenvalue weighted by Gasteiger charge is 2.27. The van der Waals surface area contributed by atoms with Crippen molar-refractivity contribution >= 4 is 23.5 Å². The second-order valence-corrected chi connectivity index (χ2v) is 7.14. The van der Waals surface area contributed by atoms with E-state index in [4.69, 9.17) is 0 Å². The van der Waals surface area contributed by atoms with Gasteiger partial charge in [-0.1, -0.05) is 12.1 Å². The number of aromatic nitrogens is 2. The Hall–Kier alpha value is -3.36. The van der Waals surface area contributed by atoms with Gasteiger partial charge in [-0.15, -0.1) is 0 Å². The Bertz CT molecular complexity index is 902. The Morgan fingerprint density at radius 3 is 2.52 bits per heavy atom. The largest absolute Gasteiger partial charge is 0.352 e. The van der Waals surface area contributed by atoms with E-state index in [0.29, 0.717) is 31.2 Å². The lowest BCUT2D eigenvalue weighted by Gasteiger charge is -2.35. The Kier molecular flexibility index (Phi) is 6.16. The van der Waals surface area contributed by atoms with E-state index >= 15 is 0 Å². The van der Waals surface area contributed by atoms with Crippen molar-refractivity contribution < 1.29 is 9.59 Å². The van der Waals surface area contributed by atoms with Crippen LogP contribution in [0.3, 0.4) is 0 Å². The molecule has 0 saturated carbocycles. The van der Waals surface area contributed by atoms with Gasteiger partial charge in [0.25, 0.3) is 5.91 Å². The summed E-state index contributed by atoms with van der Waals surface area (Å²) in [4.78, 5) is 34.1. The predicted molar refractivity (Wildman–Crippen MR) is 112 cm³/mol. The molecule has 0 bridgehead atoms. The van der Waals surface area contributed by atoms with Crippen LogP contribution in [-0.2, 0) is 18.4 Å². The topological polar surface area (TPSA) is 86.1 Å². The first-order chi connectivity index (χ1) is 13.9. The number of nitrogens with one attached hydrogen (secondary N) is 1. The number of piperazine rings is 1. The first-order valence-corrected chi connectivity index (χ1v) is 9.44. The van der Waals surface area contributed by atoms with Crippen molar-refractivity contribution in [3.63, 3.8) is 0 Å². The molecule has 0 aliphatic carbocycles. The zero-order valence-electron chi connectivity index (χ0n) is 17.3. The summed E-state index contributed by atoms with van der Waals surface area (Å²) in [6, 6.07) is 7.47. The van der Waals surface area contributed by atoms with E-state index < -0.39 is 0 Å².